The van der Waals surface area contributed by atoms with E-state index in [0.717, 1.165) is 29.7 Å². The number of imide groups is 2. The molecule has 1 fully saturated rings. The molecule has 2 aliphatic heterocycles. The van der Waals surface area contributed by atoms with Crippen molar-refractivity contribution in [1.29, 1.82) is 0 Å². The molecule has 12 heteroatoms. The summed E-state index contributed by atoms with van der Waals surface area (Å²) in [5, 5.41) is 8.51. The number of pyridine rings is 1. The highest BCUT2D eigenvalue weighted by molar-refractivity contribution is 6.25. The lowest BCUT2D eigenvalue weighted by atomic mass is 10.0. The Balaban J connectivity index is 0.978. The maximum atomic E-state index is 13.2. The molecular formula is C33H32N6O6. The average Bonchev–Trinajstić information content (AvgIpc) is 3.58. The van der Waals surface area contributed by atoms with Gasteiger partial charge in [0.05, 0.1) is 11.1 Å². The number of rotatable bonds is 12. The number of aromatic nitrogens is 2. The number of carbonyl (C=O) groups is 5. The third-order valence-electron chi connectivity index (χ3n) is 7.99. The molecule has 0 spiro atoms. The zero-order valence-electron chi connectivity index (χ0n) is 24.5. The molecule has 5 amide bonds. The average molecular weight is 609 g/mol. The number of unbranched alkanes of at least 4 members (excludes halogenated alkanes) is 3. The summed E-state index contributed by atoms with van der Waals surface area (Å²) >= 11 is 0. The van der Waals surface area contributed by atoms with Crippen LogP contribution in [0.4, 0.5) is 5.69 Å². The van der Waals surface area contributed by atoms with E-state index in [1.54, 1.807) is 36.7 Å². The summed E-state index contributed by atoms with van der Waals surface area (Å²) in [6.45, 7) is 0.559. The highest BCUT2D eigenvalue weighted by Crippen LogP contribution is 2.32. The van der Waals surface area contributed by atoms with Gasteiger partial charge in [0.15, 0.2) is 5.58 Å². The van der Waals surface area contributed by atoms with Gasteiger partial charge in [-0.2, -0.15) is 0 Å². The van der Waals surface area contributed by atoms with Crippen molar-refractivity contribution in [3.63, 3.8) is 0 Å². The number of para-hydroxylation sites is 2. The molecule has 4 heterocycles. The first kappa shape index (κ1) is 29.7. The van der Waals surface area contributed by atoms with Gasteiger partial charge in [-0.05, 0) is 49.6 Å². The second kappa shape index (κ2) is 13.1. The Morgan fingerprint density at radius 1 is 0.978 bits per heavy atom. The molecule has 2 aliphatic rings. The zero-order valence-corrected chi connectivity index (χ0v) is 24.5. The molecule has 6 rings (SSSR count). The summed E-state index contributed by atoms with van der Waals surface area (Å²) in [7, 11) is 0. The number of anilines is 1. The van der Waals surface area contributed by atoms with Gasteiger partial charge in [-0.3, -0.25) is 39.2 Å². The van der Waals surface area contributed by atoms with Crippen LogP contribution >= 0.6 is 0 Å². The Morgan fingerprint density at radius 2 is 1.82 bits per heavy atom. The van der Waals surface area contributed by atoms with Crippen LogP contribution in [0.5, 0.6) is 0 Å². The molecule has 2 aromatic carbocycles. The van der Waals surface area contributed by atoms with Crippen molar-refractivity contribution >= 4 is 46.3 Å². The summed E-state index contributed by atoms with van der Waals surface area (Å²) in [6.07, 6.45) is 7.01. The fourth-order valence-electron chi connectivity index (χ4n) is 5.73. The van der Waals surface area contributed by atoms with Gasteiger partial charge in [0.2, 0.25) is 23.6 Å². The number of amides is 5. The first-order valence-electron chi connectivity index (χ1n) is 15.0. The Kier molecular flexibility index (Phi) is 8.63. The van der Waals surface area contributed by atoms with Gasteiger partial charge in [0, 0.05) is 43.0 Å². The molecule has 2 unspecified atom stereocenters. The third kappa shape index (κ3) is 6.30. The number of benzene rings is 2. The lowest BCUT2D eigenvalue weighted by Gasteiger charge is -2.27. The molecule has 45 heavy (non-hydrogen) atoms. The number of piperidine rings is 1. The first-order chi connectivity index (χ1) is 21.9. The van der Waals surface area contributed by atoms with Crippen molar-refractivity contribution in [2.45, 2.75) is 57.0 Å². The minimum Gasteiger partial charge on any atom is -0.438 e. The van der Waals surface area contributed by atoms with Gasteiger partial charge in [0.1, 0.15) is 17.6 Å². The van der Waals surface area contributed by atoms with E-state index in [1.807, 2.05) is 30.3 Å². The van der Waals surface area contributed by atoms with Crippen LogP contribution < -0.4 is 16.0 Å². The monoisotopic (exact) mass is 608 g/mol. The van der Waals surface area contributed by atoms with Gasteiger partial charge in [0.25, 0.3) is 11.8 Å². The van der Waals surface area contributed by atoms with E-state index in [1.165, 1.54) is 0 Å². The first-order valence-corrected chi connectivity index (χ1v) is 15.0. The molecule has 3 N–H and O–H groups in total. The molecular weight excluding hydrogens is 576 g/mol. The summed E-state index contributed by atoms with van der Waals surface area (Å²) in [6, 6.07) is 14.6. The van der Waals surface area contributed by atoms with Gasteiger partial charge >= 0.3 is 0 Å². The maximum absolute atomic E-state index is 13.2. The standard InChI is InChI=1S/C33H32N6O6/c40-26(37-29(20-9-8-17-34-19-20)31-36-22-11-4-5-13-25(22)45-31)14-3-1-2-6-18-35-23-12-7-10-21-28(23)33(44)39(32(21)43)24-15-16-27(41)38-30(24)42/h4-5,7-13,17,19,24,29,35H,1-3,6,14-16,18H2,(H,37,40)(H,38,41,42). The van der Waals surface area contributed by atoms with Crippen LogP contribution in [0.1, 0.15) is 83.2 Å². The van der Waals surface area contributed by atoms with Crippen LogP contribution in [-0.4, -0.2) is 57.0 Å². The number of nitrogens with zero attached hydrogens (tertiary/aromatic N) is 3. The van der Waals surface area contributed by atoms with Gasteiger partial charge in [-0.15, -0.1) is 0 Å². The van der Waals surface area contributed by atoms with Gasteiger partial charge < -0.3 is 15.1 Å². The van der Waals surface area contributed by atoms with E-state index in [-0.39, 0.29) is 29.9 Å². The van der Waals surface area contributed by atoms with E-state index >= 15 is 0 Å². The quantitative estimate of drug-likeness (QED) is 0.160. The summed E-state index contributed by atoms with van der Waals surface area (Å²) in [5.41, 5.74) is 3.14. The Labute approximate surface area is 258 Å². The Morgan fingerprint density at radius 3 is 2.62 bits per heavy atom. The summed E-state index contributed by atoms with van der Waals surface area (Å²) < 4.78 is 5.94. The van der Waals surface area contributed by atoms with Crippen molar-refractivity contribution in [3.8, 4) is 0 Å². The van der Waals surface area contributed by atoms with E-state index in [4.69, 9.17) is 4.42 Å². The smallest absolute Gasteiger partial charge is 0.264 e. The van der Waals surface area contributed by atoms with Crippen LogP contribution in [0.15, 0.2) is 71.4 Å². The minimum atomic E-state index is -1.00. The SMILES string of the molecule is O=C1CCC(N2C(=O)c3cccc(NCCCCCCC(=O)NC(c4cccnc4)c4nc5ccccc5o4)c3C2=O)C(=O)N1. The second-order valence-electron chi connectivity index (χ2n) is 11.1. The van der Waals surface area contributed by atoms with Crippen LogP contribution in [0.3, 0.4) is 0 Å². The molecule has 0 aliphatic carbocycles. The molecule has 0 bridgehead atoms. The molecule has 12 nitrogen and oxygen atoms in total. The predicted octanol–water partition coefficient (Wildman–Crippen LogP) is 3.89. The van der Waals surface area contributed by atoms with Crippen LogP contribution in [-0.2, 0) is 14.4 Å². The largest absolute Gasteiger partial charge is 0.438 e. The van der Waals surface area contributed by atoms with Crippen molar-refractivity contribution in [3.05, 3.63) is 89.6 Å². The molecule has 1 saturated heterocycles. The van der Waals surface area contributed by atoms with E-state index in [0.29, 0.717) is 42.1 Å². The molecule has 4 aromatic rings. The van der Waals surface area contributed by atoms with Gasteiger partial charge in [-0.1, -0.05) is 37.1 Å². The number of hydrogen-bond donors (Lipinski definition) is 3. The fraction of sp³-hybridized carbons (Fsp3) is 0.303. The van der Waals surface area contributed by atoms with Crippen LogP contribution in [0.25, 0.3) is 11.1 Å². The van der Waals surface area contributed by atoms with Crippen LogP contribution in [0.2, 0.25) is 0 Å². The fourth-order valence-corrected chi connectivity index (χ4v) is 5.73. The zero-order chi connectivity index (χ0) is 31.3. The highest BCUT2D eigenvalue weighted by atomic mass is 16.3. The molecule has 230 valence electrons. The number of fused-ring (bicyclic) bond motifs is 2. The molecule has 2 aromatic heterocycles. The minimum absolute atomic E-state index is 0.0696. The number of oxazole rings is 1. The van der Waals surface area contributed by atoms with Crippen molar-refractivity contribution < 1.29 is 28.4 Å². The molecule has 2 atom stereocenters. The molecule has 0 radical (unpaired) electrons. The topological polar surface area (TPSA) is 164 Å². The van der Waals surface area contributed by atoms with Crippen molar-refractivity contribution in [1.82, 2.24) is 25.5 Å². The molecule has 0 saturated carbocycles. The van der Waals surface area contributed by atoms with Crippen molar-refractivity contribution in [2.24, 2.45) is 0 Å². The second-order valence-corrected chi connectivity index (χ2v) is 11.1. The van der Waals surface area contributed by atoms with E-state index in [9.17, 15) is 24.0 Å². The lowest BCUT2D eigenvalue weighted by Crippen LogP contribution is -2.54. The predicted molar refractivity (Wildman–Crippen MR) is 163 cm³/mol. The van der Waals surface area contributed by atoms with E-state index in [2.05, 4.69) is 25.9 Å². The summed E-state index contributed by atoms with van der Waals surface area (Å²) in [4.78, 5) is 72.8. The van der Waals surface area contributed by atoms with Gasteiger partial charge in [-0.25, -0.2) is 4.98 Å². The van der Waals surface area contributed by atoms with Crippen LogP contribution in [0, 0.1) is 0 Å². The summed E-state index contributed by atoms with van der Waals surface area (Å²) in [5.74, 6) is -1.84. The van der Waals surface area contributed by atoms with Crippen molar-refractivity contribution in [2.75, 3.05) is 11.9 Å². The Bertz CT molecular complexity index is 1740. The Hall–Kier alpha value is -5.39. The number of hydrogen-bond acceptors (Lipinski definition) is 9. The lowest BCUT2D eigenvalue weighted by molar-refractivity contribution is -0.136. The maximum Gasteiger partial charge on any atom is 0.264 e. The number of nitrogens with one attached hydrogen (secondary N) is 3. The number of carbonyl (C=O) groups excluding carboxylic acids is 5. The third-order valence-corrected chi connectivity index (χ3v) is 7.99. The highest BCUT2D eigenvalue weighted by Gasteiger charge is 2.45. The normalized spacial score (nSPS) is 16.9. The van der Waals surface area contributed by atoms with E-state index < -0.39 is 35.7 Å².